The second-order valence-electron chi connectivity index (χ2n) is 4.73. The fourth-order valence-electron chi connectivity index (χ4n) is 2.51. The molecule has 1 N–H and O–H groups in total. The van der Waals surface area contributed by atoms with Crippen LogP contribution in [0.2, 0.25) is 0 Å². The van der Waals surface area contributed by atoms with E-state index in [2.05, 4.69) is 4.98 Å². The van der Waals surface area contributed by atoms with E-state index in [4.69, 9.17) is 4.74 Å². The molecule has 2 rings (SSSR count). The summed E-state index contributed by atoms with van der Waals surface area (Å²) in [6.45, 7) is 4.55. The SMILES string of the molecule is CCOC1(c2ncc(C(C)O)s2)CCCCC1. The van der Waals surface area contributed by atoms with E-state index in [9.17, 15) is 5.11 Å². The molecule has 0 aliphatic heterocycles. The number of hydrogen-bond donors (Lipinski definition) is 1. The maximum atomic E-state index is 9.58. The molecule has 1 unspecified atom stereocenters. The predicted octanol–water partition coefficient (Wildman–Crippen LogP) is 3.39. The Bertz CT molecular complexity index is 351. The second-order valence-corrected chi connectivity index (χ2v) is 5.79. The van der Waals surface area contributed by atoms with Crippen LogP contribution >= 0.6 is 11.3 Å². The number of aromatic nitrogens is 1. The van der Waals surface area contributed by atoms with Crippen molar-refractivity contribution in [3.05, 3.63) is 16.1 Å². The van der Waals surface area contributed by atoms with Crippen LogP contribution in [0.15, 0.2) is 6.20 Å². The zero-order valence-corrected chi connectivity index (χ0v) is 11.4. The monoisotopic (exact) mass is 255 g/mol. The Balaban J connectivity index is 2.24. The van der Waals surface area contributed by atoms with Gasteiger partial charge in [-0.2, -0.15) is 0 Å². The molecule has 1 saturated carbocycles. The highest BCUT2D eigenvalue weighted by Crippen LogP contribution is 2.42. The molecule has 1 fully saturated rings. The normalized spacial score (nSPS) is 21.4. The third-order valence-electron chi connectivity index (χ3n) is 3.41. The first-order valence-corrected chi connectivity index (χ1v) is 7.28. The molecule has 0 radical (unpaired) electrons. The van der Waals surface area contributed by atoms with Crippen molar-refractivity contribution < 1.29 is 9.84 Å². The number of thiazole rings is 1. The maximum absolute atomic E-state index is 9.58. The van der Waals surface area contributed by atoms with Gasteiger partial charge in [0.1, 0.15) is 10.6 Å². The Hall–Kier alpha value is -0.450. The van der Waals surface area contributed by atoms with E-state index in [0.29, 0.717) is 0 Å². The molecule has 1 aliphatic carbocycles. The maximum Gasteiger partial charge on any atom is 0.125 e. The lowest BCUT2D eigenvalue weighted by Gasteiger charge is -2.35. The van der Waals surface area contributed by atoms with Gasteiger partial charge in [0, 0.05) is 12.8 Å². The van der Waals surface area contributed by atoms with Crippen LogP contribution in [-0.2, 0) is 10.3 Å². The van der Waals surface area contributed by atoms with Crippen LogP contribution in [0.4, 0.5) is 0 Å². The number of rotatable bonds is 4. The molecule has 1 heterocycles. The van der Waals surface area contributed by atoms with Gasteiger partial charge in [0.15, 0.2) is 0 Å². The van der Waals surface area contributed by atoms with Crippen LogP contribution in [0.25, 0.3) is 0 Å². The van der Waals surface area contributed by atoms with Gasteiger partial charge in [0.05, 0.1) is 11.0 Å². The van der Waals surface area contributed by atoms with E-state index in [0.717, 1.165) is 29.3 Å². The van der Waals surface area contributed by atoms with Crippen LogP contribution in [0.3, 0.4) is 0 Å². The van der Waals surface area contributed by atoms with E-state index in [1.807, 2.05) is 6.92 Å². The van der Waals surface area contributed by atoms with Gasteiger partial charge in [-0.25, -0.2) is 4.98 Å². The van der Waals surface area contributed by atoms with Gasteiger partial charge in [-0.1, -0.05) is 19.3 Å². The van der Waals surface area contributed by atoms with E-state index in [1.165, 1.54) is 19.3 Å². The molecule has 1 aliphatic rings. The fraction of sp³-hybridized carbons (Fsp3) is 0.769. The van der Waals surface area contributed by atoms with E-state index in [1.54, 1.807) is 24.5 Å². The van der Waals surface area contributed by atoms with Crippen molar-refractivity contribution in [2.45, 2.75) is 57.7 Å². The minimum atomic E-state index is -0.427. The van der Waals surface area contributed by atoms with Crippen LogP contribution in [0.5, 0.6) is 0 Å². The van der Waals surface area contributed by atoms with Crippen molar-refractivity contribution in [1.29, 1.82) is 0 Å². The highest BCUT2D eigenvalue weighted by Gasteiger charge is 2.37. The summed E-state index contributed by atoms with van der Waals surface area (Å²) >= 11 is 1.60. The Kier molecular flexibility index (Phi) is 4.17. The third kappa shape index (κ3) is 2.69. The summed E-state index contributed by atoms with van der Waals surface area (Å²) in [7, 11) is 0. The van der Waals surface area contributed by atoms with Gasteiger partial charge in [-0.05, 0) is 26.7 Å². The zero-order chi connectivity index (χ0) is 12.3. The number of aliphatic hydroxyl groups is 1. The van der Waals surface area contributed by atoms with Crippen LogP contribution < -0.4 is 0 Å². The highest BCUT2D eigenvalue weighted by molar-refractivity contribution is 7.11. The molecular formula is C13H21NO2S. The van der Waals surface area contributed by atoms with Gasteiger partial charge in [0.2, 0.25) is 0 Å². The summed E-state index contributed by atoms with van der Waals surface area (Å²) in [5, 5.41) is 10.6. The molecule has 0 bridgehead atoms. The smallest absolute Gasteiger partial charge is 0.125 e. The van der Waals surface area contributed by atoms with E-state index < -0.39 is 6.10 Å². The molecule has 0 amide bonds. The fourth-order valence-corrected chi connectivity index (χ4v) is 3.56. The van der Waals surface area contributed by atoms with Crippen molar-refractivity contribution in [2.24, 2.45) is 0 Å². The average molecular weight is 255 g/mol. The highest BCUT2D eigenvalue weighted by atomic mass is 32.1. The predicted molar refractivity (Wildman–Crippen MR) is 69.1 cm³/mol. The molecule has 0 aromatic carbocycles. The summed E-state index contributed by atoms with van der Waals surface area (Å²) in [5.41, 5.74) is -0.176. The largest absolute Gasteiger partial charge is 0.388 e. The van der Waals surface area contributed by atoms with Gasteiger partial charge >= 0.3 is 0 Å². The number of ether oxygens (including phenoxy) is 1. The third-order valence-corrected chi connectivity index (χ3v) is 4.76. The number of aliphatic hydroxyl groups excluding tert-OH is 1. The van der Waals surface area contributed by atoms with Crippen molar-refractivity contribution in [3.8, 4) is 0 Å². The van der Waals surface area contributed by atoms with Gasteiger partial charge in [0.25, 0.3) is 0 Å². The molecule has 17 heavy (non-hydrogen) atoms. The molecule has 0 spiro atoms. The molecule has 4 heteroatoms. The second kappa shape index (κ2) is 5.46. The first kappa shape index (κ1) is 13.0. The topological polar surface area (TPSA) is 42.4 Å². The van der Waals surface area contributed by atoms with Crippen molar-refractivity contribution in [1.82, 2.24) is 4.98 Å². The summed E-state index contributed by atoms with van der Waals surface area (Å²) < 4.78 is 6.02. The Morgan fingerprint density at radius 2 is 2.18 bits per heavy atom. The zero-order valence-electron chi connectivity index (χ0n) is 10.6. The standard InChI is InChI=1S/C13H21NO2S/c1-3-16-13(7-5-4-6-8-13)12-14-9-11(17-12)10(2)15/h9-10,15H,3-8H2,1-2H3. The lowest BCUT2D eigenvalue weighted by molar-refractivity contribution is -0.0704. The first-order chi connectivity index (χ1) is 8.18. The summed E-state index contributed by atoms with van der Waals surface area (Å²) in [4.78, 5) is 5.42. The van der Waals surface area contributed by atoms with Crippen LogP contribution in [0.1, 0.15) is 61.9 Å². The minimum absolute atomic E-state index is 0.176. The van der Waals surface area contributed by atoms with Crippen LogP contribution in [-0.4, -0.2) is 16.7 Å². The van der Waals surface area contributed by atoms with Gasteiger partial charge < -0.3 is 9.84 Å². The number of hydrogen-bond acceptors (Lipinski definition) is 4. The van der Waals surface area contributed by atoms with E-state index >= 15 is 0 Å². The van der Waals surface area contributed by atoms with Crippen molar-refractivity contribution in [3.63, 3.8) is 0 Å². The molecule has 1 atom stereocenters. The van der Waals surface area contributed by atoms with Gasteiger partial charge in [-0.3, -0.25) is 0 Å². The van der Waals surface area contributed by atoms with Gasteiger partial charge in [-0.15, -0.1) is 11.3 Å². The molecular weight excluding hydrogens is 234 g/mol. The number of nitrogens with zero attached hydrogens (tertiary/aromatic N) is 1. The minimum Gasteiger partial charge on any atom is -0.388 e. The molecule has 1 aromatic heterocycles. The Morgan fingerprint density at radius 1 is 1.47 bits per heavy atom. The Labute approximate surface area is 107 Å². The lowest BCUT2D eigenvalue weighted by atomic mass is 9.85. The molecule has 0 saturated heterocycles. The summed E-state index contributed by atoms with van der Waals surface area (Å²) in [5.74, 6) is 0. The quantitative estimate of drug-likeness (QED) is 0.896. The molecule has 3 nitrogen and oxygen atoms in total. The Morgan fingerprint density at radius 3 is 2.71 bits per heavy atom. The van der Waals surface area contributed by atoms with Crippen LogP contribution in [0, 0.1) is 0 Å². The first-order valence-electron chi connectivity index (χ1n) is 6.46. The summed E-state index contributed by atoms with van der Waals surface area (Å²) in [6, 6.07) is 0. The van der Waals surface area contributed by atoms with Crippen molar-refractivity contribution in [2.75, 3.05) is 6.61 Å². The molecule has 96 valence electrons. The summed E-state index contributed by atoms with van der Waals surface area (Å²) in [6.07, 6.45) is 7.21. The molecule has 1 aromatic rings. The van der Waals surface area contributed by atoms with E-state index in [-0.39, 0.29) is 5.60 Å². The average Bonchev–Trinajstić information content (AvgIpc) is 2.80. The van der Waals surface area contributed by atoms with Crippen molar-refractivity contribution >= 4 is 11.3 Å². The lowest BCUT2D eigenvalue weighted by Crippen LogP contribution is -2.32.